The van der Waals surface area contributed by atoms with Crippen LogP contribution >= 0.6 is 11.6 Å². The van der Waals surface area contributed by atoms with Gasteiger partial charge in [0, 0.05) is 10.6 Å². The summed E-state index contributed by atoms with van der Waals surface area (Å²) in [7, 11) is 0. The van der Waals surface area contributed by atoms with Gasteiger partial charge in [-0.25, -0.2) is 0 Å². The highest BCUT2D eigenvalue weighted by atomic mass is 35.5. The summed E-state index contributed by atoms with van der Waals surface area (Å²) >= 11 is 5.89. The first-order valence-electron chi connectivity index (χ1n) is 7.93. The lowest BCUT2D eigenvalue weighted by atomic mass is 10.1. The van der Waals surface area contributed by atoms with E-state index in [1.165, 1.54) is 0 Å². The van der Waals surface area contributed by atoms with Crippen molar-refractivity contribution in [1.82, 2.24) is 15.4 Å². The van der Waals surface area contributed by atoms with Gasteiger partial charge >= 0.3 is 0 Å². The van der Waals surface area contributed by atoms with E-state index in [0.717, 1.165) is 5.56 Å². The van der Waals surface area contributed by atoms with Gasteiger partial charge in [0.1, 0.15) is 12.3 Å². The molecule has 7 nitrogen and oxygen atoms in total. The lowest BCUT2D eigenvalue weighted by molar-refractivity contribution is 0.0996. The molecule has 134 valence electrons. The average molecular weight is 373 g/mol. The third kappa shape index (κ3) is 3.94. The number of nitrogens with zero attached hydrogens (tertiary/aromatic N) is 2. The highest BCUT2D eigenvalue weighted by Gasteiger charge is 2.17. The van der Waals surface area contributed by atoms with Gasteiger partial charge in [-0.3, -0.25) is 4.79 Å². The number of halogens is 1. The van der Waals surface area contributed by atoms with Crippen LogP contribution in [0.4, 0.5) is 0 Å². The second kappa shape index (κ2) is 7.88. The topological polar surface area (TPSA) is 103 Å². The third-order valence-electron chi connectivity index (χ3n) is 3.61. The Hall–Kier alpha value is -3.06. The second-order valence-corrected chi connectivity index (χ2v) is 5.83. The maximum atomic E-state index is 11.5. The summed E-state index contributed by atoms with van der Waals surface area (Å²) in [6.07, 6.45) is 0. The first kappa shape index (κ1) is 17.8. The molecule has 0 saturated heterocycles. The van der Waals surface area contributed by atoms with Crippen LogP contribution in [0.3, 0.4) is 0 Å². The van der Waals surface area contributed by atoms with E-state index >= 15 is 0 Å². The number of rotatable bonds is 7. The minimum atomic E-state index is -0.658. The maximum absolute atomic E-state index is 11.5. The lowest BCUT2D eigenvalue weighted by Crippen LogP contribution is -2.12. The fourth-order valence-electron chi connectivity index (χ4n) is 2.39. The van der Waals surface area contributed by atoms with E-state index in [-0.39, 0.29) is 5.69 Å². The maximum Gasteiger partial charge on any atom is 0.271 e. The van der Waals surface area contributed by atoms with Gasteiger partial charge in [-0.1, -0.05) is 23.7 Å². The summed E-state index contributed by atoms with van der Waals surface area (Å²) < 4.78 is 11.5. The van der Waals surface area contributed by atoms with Crippen LogP contribution in [-0.4, -0.2) is 27.9 Å². The Morgan fingerprint density at radius 2 is 1.88 bits per heavy atom. The fourth-order valence-corrected chi connectivity index (χ4v) is 2.51. The number of hydrogen-bond acceptors (Lipinski definition) is 5. The van der Waals surface area contributed by atoms with Crippen LogP contribution in [0.1, 0.15) is 23.0 Å². The molecular weight excluding hydrogens is 356 g/mol. The van der Waals surface area contributed by atoms with Crippen LogP contribution in [-0.2, 0) is 6.61 Å². The molecule has 0 spiro atoms. The Balaban J connectivity index is 1.85. The first-order valence-corrected chi connectivity index (χ1v) is 8.31. The van der Waals surface area contributed by atoms with Crippen molar-refractivity contribution in [1.29, 1.82) is 0 Å². The third-order valence-corrected chi connectivity index (χ3v) is 3.86. The zero-order valence-corrected chi connectivity index (χ0v) is 14.8. The predicted molar refractivity (Wildman–Crippen MR) is 97.3 cm³/mol. The minimum Gasteiger partial charge on any atom is -0.490 e. The van der Waals surface area contributed by atoms with E-state index in [1.807, 2.05) is 31.2 Å². The van der Waals surface area contributed by atoms with E-state index < -0.39 is 5.91 Å². The number of benzene rings is 2. The zero-order chi connectivity index (χ0) is 18.5. The summed E-state index contributed by atoms with van der Waals surface area (Å²) in [6.45, 7) is 2.70. The van der Waals surface area contributed by atoms with E-state index in [2.05, 4.69) is 15.4 Å². The molecule has 8 heteroatoms. The molecule has 1 aromatic heterocycles. The summed E-state index contributed by atoms with van der Waals surface area (Å²) in [5.74, 6) is 0.460. The standard InChI is InChI=1S/C18H17ClN4O3/c1-2-25-15-9-12(16-17(18(20)24)22-23-21-16)5-8-14(15)26-10-11-3-6-13(19)7-4-11/h3-9H,2,10H2,1H3,(H2,20,24)(H,21,22,23). The predicted octanol–water partition coefficient (Wildman–Crippen LogP) is 3.20. The molecule has 0 bridgehead atoms. The Kier molecular flexibility index (Phi) is 5.38. The molecule has 0 aliphatic carbocycles. The van der Waals surface area contributed by atoms with Crippen LogP contribution in [0.2, 0.25) is 5.02 Å². The zero-order valence-electron chi connectivity index (χ0n) is 14.0. The number of aromatic amines is 1. The van der Waals surface area contributed by atoms with Crippen molar-refractivity contribution in [2.24, 2.45) is 5.73 Å². The van der Waals surface area contributed by atoms with Crippen LogP contribution in [0.5, 0.6) is 11.5 Å². The molecule has 0 aliphatic rings. The molecule has 2 aromatic carbocycles. The van der Waals surface area contributed by atoms with Gasteiger partial charge in [-0.05, 0) is 42.8 Å². The van der Waals surface area contributed by atoms with E-state index in [1.54, 1.807) is 18.2 Å². The molecule has 0 fully saturated rings. The Labute approximate surface area is 155 Å². The highest BCUT2D eigenvalue weighted by molar-refractivity contribution is 6.30. The molecule has 1 amide bonds. The van der Waals surface area contributed by atoms with Crippen LogP contribution in [0, 0.1) is 0 Å². The molecular formula is C18H17ClN4O3. The van der Waals surface area contributed by atoms with Gasteiger partial charge in [0.15, 0.2) is 17.2 Å². The summed E-state index contributed by atoms with van der Waals surface area (Å²) in [5, 5.41) is 10.9. The van der Waals surface area contributed by atoms with E-state index in [4.69, 9.17) is 26.8 Å². The van der Waals surface area contributed by atoms with Crippen molar-refractivity contribution in [2.45, 2.75) is 13.5 Å². The molecule has 0 radical (unpaired) electrons. The number of H-pyrrole nitrogens is 1. The molecule has 3 N–H and O–H groups in total. The van der Waals surface area contributed by atoms with Gasteiger partial charge < -0.3 is 15.2 Å². The SMILES string of the molecule is CCOc1cc(-c2n[nH]nc2C(N)=O)ccc1OCc1ccc(Cl)cc1. The number of ether oxygens (including phenoxy) is 2. The monoisotopic (exact) mass is 372 g/mol. The number of aromatic nitrogens is 3. The molecule has 0 unspecified atom stereocenters. The Morgan fingerprint density at radius 1 is 1.12 bits per heavy atom. The smallest absolute Gasteiger partial charge is 0.271 e. The van der Waals surface area contributed by atoms with E-state index in [9.17, 15) is 4.79 Å². The van der Waals surface area contributed by atoms with Crippen molar-refractivity contribution in [2.75, 3.05) is 6.61 Å². The largest absolute Gasteiger partial charge is 0.490 e. The van der Waals surface area contributed by atoms with Crippen molar-refractivity contribution >= 4 is 17.5 Å². The molecule has 1 heterocycles. The normalized spacial score (nSPS) is 10.5. The number of nitrogens with two attached hydrogens (primary N) is 1. The summed E-state index contributed by atoms with van der Waals surface area (Å²) in [5.41, 5.74) is 7.38. The summed E-state index contributed by atoms with van der Waals surface area (Å²) in [4.78, 5) is 11.5. The van der Waals surface area contributed by atoms with Gasteiger partial charge in [0.25, 0.3) is 5.91 Å². The van der Waals surface area contributed by atoms with Crippen molar-refractivity contribution < 1.29 is 14.3 Å². The number of hydrogen-bond donors (Lipinski definition) is 2. The van der Waals surface area contributed by atoms with Crippen molar-refractivity contribution in [3.8, 4) is 22.8 Å². The van der Waals surface area contributed by atoms with E-state index in [0.29, 0.717) is 41.0 Å². The molecule has 26 heavy (non-hydrogen) atoms. The van der Waals surface area contributed by atoms with Crippen LogP contribution in [0.15, 0.2) is 42.5 Å². The number of carbonyl (C=O) groups excluding carboxylic acids is 1. The number of primary amides is 1. The molecule has 0 aliphatic heterocycles. The van der Waals surface area contributed by atoms with Gasteiger partial charge in [-0.15, -0.1) is 0 Å². The molecule has 3 rings (SSSR count). The van der Waals surface area contributed by atoms with Crippen LogP contribution < -0.4 is 15.2 Å². The van der Waals surface area contributed by atoms with Gasteiger partial charge in [0.05, 0.1) is 6.61 Å². The summed E-state index contributed by atoms with van der Waals surface area (Å²) in [6, 6.07) is 12.7. The van der Waals surface area contributed by atoms with Crippen molar-refractivity contribution in [3.05, 3.63) is 58.7 Å². The molecule has 0 atom stereocenters. The quantitative estimate of drug-likeness (QED) is 0.662. The van der Waals surface area contributed by atoms with Crippen LogP contribution in [0.25, 0.3) is 11.3 Å². The number of carbonyl (C=O) groups is 1. The Morgan fingerprint density at radius 3 is 2.58 bits per heavy atom. The molecule has 3 aromatic rings. The Bertz CT molecular complexity index is 909. The minimum absolute atomic E-state index is 0.0716. The van der Waals surface area contributed by atoms with Gasteiger partial charge in [-0.2, -0.15) is 15.4 Å². The highest BCUT2D eigenvalue weighted by Crippen LogP contribution is 2.33. The second-order valence-electron chi connectivity index (χ2n) is 5.39. The number of nitrogens with one attached hydrogen (secondary N) is 1. The number of amides is 1. The first-order chi connectivity index (χ1) is 12.6. The average Bonchev–Trinajstić information content (AvgIpc) is 3.12. The fraction of sp³-hybridized carbons (Fsp3) is 0.167. The van der Waals surface area contributed by atoms with Crippen molar-refractivity contribution in [3.63, 3.8) is 0 Å². The lowest BCUT2D eigenvalue weighted by Gasteiger charge is -2.13. The molecule has 0 saturated carbocycles. The van der Waals surface area contributed by atoms with Gasteiger partial charge in [0.2, 0.25) is 0 Å².